The molecule has 0 radical (unpaired) electrons. The predicted octanol–water partition coefficient (Wildman–Crippen LogP) is 1.95. The minimum atomic E-state index is -5.34. The number of hydrogen-bond donors (Lipinski definition) is 2. The molecule has 0 atom stereocenters. The summed E-state index contributed by atoms with van der Waals surface area (Å²) in [7, 11) is 0. The monoisotopic (exact) mass is 290 g/mol. The van der Waals surface area contributed by atoms with E-state index in [1.807, 2.05) is 0 Å². The number of hydrogen-bond acceptors (Lipinski definition) is 4. The van der Waals surface area contributed by atoms with Gasteiger partial charge in [0.25, 0.3) is 0 Å². The van der Waals surface area contributed by atoms with Crippen molar-refractivity contribution in [1.29, 1.82) is 0 Å². The Morgan fingerprint density at radius 1 is 1.21 bits per heavy atom. The zero-order chi connectivity index (χ0) is 14.8. The molecule has 0 aliphatic carbocycles. The van der Waals surface area contributed by atoms with Crippen LogP contribution in [0.3, 0.4) is 0 Å². The van der Waals surface area contributed by atoms with E-state index in [2.05, 4.69) is 9.72 Å². The number of aliphatic hydroxyl groups excluding tert-OH is 1. The average Bonchev–Trinajstić information content (AvgIpc) is 2.25. The van der Waals surface area contributed by atoms with E-state index in [-0.39, 0.29) is 5.69 Å². The Kier molecular flexibility index (Phi) is 4.25. The molecule has 0 aliphatic heterocycles. The van der Waals surface area contributed by atoms with Crippen LogP contribution in [0.1, 0.15) is 17.0 Å². The van der Waals surface area contributed by atoms with E-state index < -0.39 is 42.7 Å². The van der Waals surface area contributed by atoms with Crippen LogP contribution in [0.15, 0.2) is 6.07 Å². The highest BCUT2D eigenvalue weighted by atomic mass is 19.4. The van der Waals surface area contributed by atoms with E-state index in [1.165, 1.54) is 0 Å². The van der Waals surface area contributed by atoms with Crippen LogP contribution in [-0.2, 0) is 19.3 Å². The van der Waals surface area contributed by atoms with Crippen LogP contribution in [0.5, 0.6) is 5.75 Å². The van der Waals surface area contributed by atoms with Crippen molar-refractivity contribution in [3.8, 4) is 5.75 Å². The van der Waals surface area contributed by atoms with Gasteiger partial charge in [-0.2, -0.15) is 13.2 Å². The van der Waals surface area contributed by atoms with Gasteiger partial charge in [0.1, 0.15) is 11.3 Å². The van der Waals surface area contributed by atoms with Gasteiger partial charge in [0.05, 0.1) is 12.3 Å². The van der Waals surface area contributed by atoms with Crippen molar-refractivity contribution in [2.75, 3.05) is 0 Å². The molecule has 0 amide bonds. The van der Waals surface area contributed by atoms with Gasteiger partial charge in [-0.15, -0.1) is 13.2 Å². The summed E-state index contributed by atoms with van der Waals surface area (Å²) in [6.07, 6.45) is -10.4. The van der Waals surface area contributed by atoms with Crippen LogP contribution in [0.2, 0.25) is 0 Å². The van der Waals surface area contributed by atoms with Gasteiger partial charge in [0.2, 0.25) is 0 Å². The number of nitrogens with zero attached hydrogens (tertiary/aromatic N) is 1. The van der Waals surface area contributed by atoms with Gasteiger partial charge in [0, 0.05) is 6.54 Å². The van der Waals surface area contributed by atoms with Crippen LogP contribution in [0.25, 0.3) is 0 Å². The lowest BCUT2D eigenvalue weighted by atomic mass is 10.1. The molecule has 0 bridgehead atoms. The maximum Gasteiger partial charge on any atom is 0.573 e. The molecule has 1 aromatic rings. The van der Waals surface area contributed by atoms with Crippen molar-refractivity contribution in [2.45, 2.75) is 25.7 Å². The highest BCUT2D eigenvalue weighted by molar-refractivity contribution is 5.41. The Morgan fingerprint density at radius 3 is 2.16 bits per heavy atom. The van der Waals surface area contributed by atoms with Crippen molar-refractivity contribution < 1.29 is 36.2 Å². The standard InChI is InChI=1S/C9H8F6N2O2/c10-8(11,12)5-1-4(2-16)17-6(3-18)7(5)19-9(13,14)15/h1,18H,2-3,16H2. The number of pyridine rings is 1. The molecule has 4 nitrogen and oxygen atoms in total. The average molecular weight is 290 g/mol. The fourth-order valence-corrected chi connectivity index (χ4v) is 1.30. The Balaban J connectivity index is 3.47. The third-order valence-corrected chi connectivity index (χ3v) is 1.98. The molecule has 1 heterocycles. The summed E-state index contributed by atoms with van der Waals surface area (Å²) >= 11 is 0. The van der Waals surface area contributed by atoms with E-state index in [0.29, 0.717) is 6.07 Å². The van der Waals surface area contributed by atoms with Crippen LogP contribution >= 0.6 is 0 Å². The predicted molar refractivity (Wildman–Crippen MR) is 49.7 cm³/mol. The SMILES string of the molecule is NCc1cc(C(F)(F)F)c(OC(F)(F)F)c(CO)n1. The maximum atomic E-state index is 12.7. The van der Waals surface area contributed by atoms with Gasteiger partial charge >= 0.3 is 12.5 Å². The van der Waals surface area contributed by atoms with Gasteiger partial charge in [-0.25, -0.2) is 0 Å². The molecule has 0 unspecified atom stereocenters. The topological polar surface area (TPSA) is 68.4 Å². The number of nitrogens with two attached hydrogens (primary N) is 1. The van der Waals surface area contributed by atoms with Crippen molar-refractivity contribution >= 4 is 0 Å². The minimum absolute atomic E-state index is 0.314. The van der Waals surface area contributed by atoms with Crippen LogP contribution < -0.4 is 10.5 Å². The number of aliphatic hydroxyl groups is 1. The summed E-state index contributed by atoms with van der Waals surface area (Å²) in [6.45, 7) is -1.58. The summed E-state index contributed by atoms with van der Waals surface area (Å²) < 4.78 is 77.5. The number of aromatic nitrogens is 1. The van der Waals surface area contributed by atoms with E-state index in [1.54, 1.807) is 0 Å². The number of rotatable bonds is 3. The van der Waals surface area contributed by atoms with Crippen molar-refractivity contribution in [3.05, 3.63) is 23.0 Å². The second-order valence-electron chi connectivity index (χ2n) is 3.34. The fourth-order valence-electron chi connectivity index (χ4n) is 1.30. The summed E-state index contributed by atoms with van der Waals surface area (Å²) in [4.78, 5) is 3.37. The van der Waals surface area contributed by atoms with Crippen LogP contribution in [-0.4, -0.2) is 16.5 Å². The highest BCUT2D eigenvalue weighted by Gasteiger charge is 2.41. The molecule has 0 aromatic carbocycles. The first-order valence-electron chi connectivity index (χ1n) is 4.75. The Labute approximate surface area is 102 Å². The van der Waals surface area contributed by atoms with Gasteiger partial charge in [-0.05, 0) is 6.07 Å². The van der Waals surface area contributed by atoms with Gasteiger partial charge < -0.3 is 15.6 Å². The Morgan fingerprint density at radius 2 is 1.79 bits per heavy atom. The summed E-state index contributed by atoms with van der Waals surface area (Å²) in [5.74, 6) is -1.57. The van der Waals surface area contributed by atoms with Gasteiger partial charge in [0.15, 0.2) is 5.75 Å². The lowest BCUT2D eigenvalue weighted by Gasteiger charge is -2.18. The van der Waals surface area contributed by atoms with Gasteiger partial charge in [-0.1, -0.05) is 0 Å². The second-order valence-corrected chi connectivity index (χ2v) is 3.34. The lowest BCUT2D eigenvalue weighted by Crippen LogP contribution is -2.22. The zero-order valence-electron chi connectivity index (χ0n) is 9.14. The van der Waals surface area contributed by atoms with Crippen molar-refractivity contribution in [2.24, 2.45) is 5.73 Å². The minimum Gasteiger partial charge on any atom is -0.403 e. The lowest BCUT2D eigenvalue weighted by molar-refractivity contribution is -0.276. The number of ether oxygens (including phenoxy) is 1. The van der Waals surface area contributed by atoms with Crippen molar-refractivity contribution in [1.82, 2.24) is 4.98 Å². The number of halogens is 6. The maximum absolute atomic E-state index is 12.7. The normalized spacial score (nSPS) is 12.6. The summed E-state index contributed by atoms with van der Waals surface area (Å²) in [5, 5.41) is 8.81. The molecule has 0 spiro atoms. The molecule has 1 rings (SSSR count). The molecule has 0 fully saturated rings. The first kappa shape index (κ1) is 15.5. The fraction of sp³-hybridized carbons (Fsp3) is 0.444. The zero-order valence-corrected chi connectivity index (χ0v) is 9.14. The molecule has 108 valence electrons. The molecule has 0 aliphatic rings. The molecule has 0 saturated carbocycles. The second kappa shape index (κ2) is 5.21. The Hall–Kier alpha value is -1.55. The summed E-state index contributed by atoms with van der Waals surface area (Å²) in [6, 6.07) is 0.347. The molecule has 3 N–H and O–H groups in total. The number of alkyl halides is 6. The molecular formula is C9H8F6N2O2. The molecule has 1 aromatic heterocycles. The van der Waals surface area contributed by atoms with E-state index in [4.69, 9.17) is 10.8 Å². The molecular weight excluding hydrogens is 282 g/mol. The third-order valence-electron chi connectivity index (χ3n) is 1.98. The summed E-state index contributed by atoms with van der Waals surface area (Å²) in [5.41, 5.74) is 2.20. The quantitative estimate of drug-likeness (QED) is 0.835. The third kappa shape index (κ3) is 3.96. The first-order valence-corrected chi connectivity index (χ1v) is 4.75. The van der Waals surface area contributed by atoms with E-state index in [9.17, 15) is 26.3 Å². The molecule has 10 heteroatoms. The molecule has 19 heavy (non-hydrogen) atoms. The van der Waals surface area contributed by atoms with E-state index in [0.717, 1.165) is 0 Å². The molecule has 0 saturated heterocycles. The largest absolute Gasteiger partial charge is 0.573 e. The highest BCUT2D eigenvalue weighted by Crippen LogP contribution is 2.40. The van der Waals surface area contributed by atoms with Crippen molar-refractivity contribution in [3.63, 3.8) is 0 Å². The first-order chi connectivity index (χ1) is 8.58. The van der Waals surface area contributed by atoms with Crippen LogP contribution in [0.4, 0.5) is 26.3 Å². The van der Waals surface area contributed by atoms with Gasteiger partial charge in [-0.3, -0.25) is 4.98 Å². The van der Waals surface area contributed by atoms with E-state index >= 15 is 0 Å². The van der Waals surface area contributed by atoms with Crippen LogP contribution in [0, 0.1) is 0 Å². The smallest absolute Gasteiger partial charge is 0.403 e. The Bertz CT molecular complexity index is 457.